The molecule has 1 aliphatic heterocycles. The lowest BCUT2D eigenvalue weighted by Crippen LogP contribution is -2.41. The summed E-state index contributed by atoms with van der Waals surface area (Å²) in [5.41, 5.74) is 8.52. The van der Waals surface area contributed by atoms with Crippen molar-refractivity contribution in [2.75, 3.05) is 26.4 Å². The smallest absolute Gasteiger partial charge is 0.336 e. The molecule has 1 saturated carbocycles. The van der Waals surface area contributed by atoms with E-state index in [9.17, 15) is 9.59 Å². The number of rotatable bonds is 7. The Balaban J connectivity index is 2.00. The van der Waals surface area contributed by atoms with Gasteiger partial charge in [0.05, 0.1) is 31.1 Å². The fourth-order valence-corrected chi connectivity index (χ4v) is 4.12. The number of allylic oxidation sites excluding steroid dienone is 2. The summed E-state index contributed by atoms with van der Waals surface area (Å²) in [7, 11) is 0. The highest BCUT2D eigenvalue weighted by Gasteiger charge is 2.48. The van der Waals surface area contributed by atoms with Gasteiger partial charge in [-0.15, -0.1) is 0 Å². The fraction of sp³-hybridized carbons (Fsp3) is 0.700. The van der Waals surface area contributed by atoms with Crippen molar-refractivity contribution in [3.05, 3.63) is 22.5 Å². The summed E-state index contributed by atoms with van der Waals surface area (Å²) in [6, 6.07) is 0. The summed E-state index contributed by atoms with van der Waals surface area (Å²) in [4.78, 5) is 25.7. The molecule has 1 unspecified atom stereocenters. The first-order valence-electron chi connectivity index (χ1n) is 9.59. The van der Waals surface area contributed by atoms with Crippen LogP contribution in [0.2, 0.25) is 0 Å². The molecule has 2 aliphatic carbocycles. The number of hydrogen-bond acceptors (Lipinski definition) is 6. The van der Waals surface area contributed by atoms with Gasteiger partial charge in [0, 0.05) is 30.2 Å². The lowest BCUT2D eigenvalue weighted by Gasteiger charge is -2.40. The highest BCUT2D eigenvalue weighted by atomic mass is 16.5. The average Bonchev–Trinajstić information content (AvgIpc) is 3.37. The Morgan fingerprint density at radius 2 is 2.04 bits per heavy atom. The molecule has 0 bridgehead atoms. The van der Waals surface area contributed by atoms with Crippen molar-refractivity contribution in [1.29, 1.82) is 0 Å². The molecule has 0 saturated heterocycles. The number of nitrogens with two attached hydrogens (primary N) is 1. The zero-order chi connectivity index (χ0) is 18.9. The molecule has 144 valence electrons. The van der Waals surface area contributed by atoms with E-state index in [1.54, 1.807) is 6.92 Å². The molecule has 6 nitrogen and oxygen atoms in total. The van der Waals surface area contributed by atoms with Crippen LogP contribution < -0.4 is 11.1 Å². The van der Waals surface area contributed by atoms with Gasteiger partial charge in [0.2, 0.25) is 0 Å². The molecule has 3 rings (SSSR count). The molecule has 1 atom stereocenters. The van der Waals surface area contributed by atoms with Gasteiger partial charge in [-0.25, -0.2) is 4.79 Å². The Kier molecular flexibility index (Phi) is 5.53. The van der Waals surface area contributed by atoms with Crippen LogP contribution in [-0.2, 0) is 19.1 Å². The van der Waals surface area contributed by atoms with Gasteiger partial charge in [0.15, 0.2) is 5.78 Å². The summed E-state index contributed by atoms with van der Waals surface area (Å²) in [5.74, 6) is -0.00152. The Labute approximate surface area is 155 Å². The lowest BCUT2D eigenvalue weighted by molar-refractivity contribution is -0.139. The molecule has 0 aromatic rings. The SMILES string of the molecule is CCOC(=O)C1=C(COCCN)NC2=C(C(=O)CC(C)(C)C2)C1C1CC1. The van der Waals surface area contributed by atoms with Gasteiger partial charge >= 0.3 is 5.97 Å². The second-order valence-electron chi connectivity index (χ2n) is 8.23. The first kappa shape index (κ1) is 19.1. The van der Waals surface area contributed by atoms with Gasteiger partial charge in [-0.1, -0.05) is 13.8 Å². The first-order valence-corrected chi connectivity index (χ1v) is 9.59. The van der Waals surface area contributed by atoms with E-state index in [0.717, 1.165) is 36.2 Å². The van der Waals surface area contributed by atoms with Crippen molar-refractivity contribution in [2.24, 2.45) is 23.0 Å². The first-order chi connectivity index (χ1) is 12.4. The van der Waals surface area contributed by atoms with Gasteiger partial charge in [-0.3, -0.25) is 4.79 Å². The van der Waals surface area contributed by atoms with Crippen molar-refractivity contribution in [3.63, 3.8) is 0 Å². The summed E-state index contributed by atoms with van der Waals surface area (Å²) in [5, 5.41) is 3.37. The summed E-state index contributed by atoms with van der Waals surface area (Å²) in [6.45, 7) is 7.45. The molecule has 0 aromatic carbocycles. The maximum Gasteiger partial charge on any atom is 0.336 e. The predicted molar refractivity (Wildman–Crippen MR) is 97.9 cm³/mol. The topological polar surface area (TPSA) is 90.7 Å². The van der Waals surface area contributed by atoms with Crippen LogP contribution in [0.5, 0.6) is 0 Å². The van der Waals surface area contributed by atoms with Crippen LogP contribution in [0.15, 0.2) is 22.5 Å². The number of nitrogens with one attached hydrogen (secondary N) is 1. The van der Waals surface area contributed by atoms with E-state index >= 15 is 0 Å². The molecule has 0 amide bonds. The molecule has 26 heavy (non-hydrogen) atoms. The van der Waals surface area contributed by atoms with Gasteiger partial charge in [0.1, 0.15) is 0 Å². The van der Waals surface area contributed by atoms with Crippen LogP contribution in [-0.4, -0.2) is 38.1 Å². The Morgan fingerprint density at radius 3 is 2.65 bits per heavy atom. The molecule has 3 aliphatic rings. The van der Waals surface area contributed by atoms with E-state index < -0.39 is 0 Å². The monoisotopic (exact) mass is 362 g/mol. The predicted octanol–water partition coefficient (Wildman–Crippen LogP) is 2.05. The van der Waals surface area contributed by atoms with Gasteiger partial charge in [-0.2, -0.15) is 0 Å². The van der Waals surface area contributed by atoms with Crippen molar-refractivity contribution in [3.8, 4) is 0 Å². The van der Waals surface area contributed by atoms with Crippen LogP contribution in [0.1, 0.15) is 46.5 Å². The Hall–Kier alpha value is -1.66. The number of dihydropyridines is 1. The van der Waals surface area contributed by atoms with Crippen molar-refractivity contribution < 1.29 is 19.1 Å². The molecule has 3 N–H and O–H groups in total. The largest absolute Gasteiger partial charge is 0.463 e. The van der Waals surface area contributed by atoms with Crippen LogP contribution in [0.25, 0.3) is 0 Å². The summed E-state index contributed by atoms with van der Waals surface area (Å²) < 4.78 is 11.0. The number of ketones is 1. The quantitative estimate of drug-likeness (QED) is 0.532. The number of Topliss-reactive ketones (excluding diaryl/α,β-unsaturated/α-hetero) is 1. The lowest BCUT2D eigenvalue weighted by atomic mass is 9.69. The number of ether oxygens (including phenoxy) is 2. The second kappa shape index (κ2) is 7.53. The van der Waals surface area contributed by atoms with Crippen LogP contribution in [0, 0.1) is 17.3 Å². The number of carbonyl (C=O) groups excluding carboxylic acids is 2. The highest BCUT2D eigenvalue weighted by molar-refractivity contribution is 6.02. The van der Waals surface area contributed by atoms with Crippen LogP contribution >= 0.6 is 0 Å². The standard InChI is InChI=1S/C20H30N2O4/c1-4-26-19(24)18-14(11-25-8-7-21)22-13-9-20(2,3)10-15(23)17(13)16(18)12-5-6-12/h12,16,22H,4-11,21H2,1-3H3. The van der Waals surface area contributed by atoms with E-state index in [4.69, 9.17) is 15.2 Å². The number of esters is 1. The van der Waals surface area contributed by atoms with E-state index in [1.807, 2.05) is 0 Å². The molecule has 0 aromatic heterocycles. The maximum absolute atomic E-state index is 13.0. The minimum Gasteiger partial charge on any atom is -0.463 e. The van der Waals surface area contributed by atoms with Gasteiger partial charge in [0.25, 0.3) is 0 Å². The van der Waals surface area contributed by atoms with Crippen molar-refractivity contribution in [1.82, 2.24) is 5.32 Å². The van der Waals surface area contributed by atoms with E-state index in [0.29, 0.717) is 37.7 Å². The van der Waals surface area contributed by atoms with E-state index in [2.05, 4.69) is 19.2 Å². The zero-order valence-corrected chi connectivity index (χ0v) is 16.0. The summed E-state index contributed by atoms with van der Waals surface area (Å²) >= 11 is 0. The molecule has 6 heteroatoms. The van der Waals surface area contributed by atoms with Crippen molar-refractivity contribution in [2.45, 2.75) is 46.5 Å². The molecular formula is C20H30N2O4. The molecular weight excluding hydrogens is 332 g/mol. The molecule has 0 radical (unpaired) electrons. The number of hydrogen-bond donors (Lipinski definition) is 2. The summed E-state index contributed by atoms with van der Waals surface area (Å²) in [6.07, 6.45) is 3.40. The Morgan fingerprint density at radius 1 is 1.31 bits per heavy atom. The van der Waals surface area contributed by atoms with Crippen molar-refractivity contribution >= 4 is 11.8 Å². The minimum atomic E-state index is -0.340. The third-order valence-corrected chi connectivity index (χ3v) is 5.27. The van der Waals surface area contributed by atoms with Gasteiger partial charge < -0.3 is 20.5 Å². The average molecular weight is 362 g/mol. The van der Waals surface area contributed by atoms with Crippen LogP contribution in [0.3, 0.4) is 0 Å². The van der Waals surface area contributed by atoms with E-state index in [1.165, 1.54) is 0 Å². The molecule has 0 spiro atoms. The number of carbonyl (C=O) groups is 2. The molecule has 1 heterocycles. The molecule has 1 fully saturated rings. The van der Waals surface area contributed by atoms with Gasteiger partial charge in [-0.05, 0) is 37.5 Å². The van der Waals surface area contributed by atoms with E-state index in [-0.39, 0.29) is 29.7 Å². The zero-order valence-electron chi connectivity index (χ0n) is 16.0. The third-order valence-electron chi connectivity index (χ3n) is 5.27. The second-order valence-corrected chi connectivity index (χ2v) is 8.23. The normalized spacial score (nSPS) is 25.1. The Bertz CT molecular complexity index is 659. The third kappa shape index (κ3) is 3.86. The van der Waals surface area contributed by atoms with Crippen LogP contribution in [0.4, 0.5) is 0 Å². The maximum atomic E-state index is 13.0. The fourth-order valence-electron chi connectivity index (χ4n) is 4.12. The minimum absolute atomic E-state index is 0.0817. The highest BCUT2D eigenvalue weighted by Crippen LogP contribution is 2.51.